The molecule has 0 atom stereocenters. The van der Waals surface area contributed by atoms with Crippen LogP contribution in [-0.4, -0.2) is 45.8 Å². The second-order valence-electron chi connectivity index (χ2n) is 9.22. The molecule has 1 spiro atoms. The van der Waals surface area contributed by atoms with Gasteiger partial charge in [0.15, 0.2) is 17.3 Å². The van der Waals surface area contributed by atoms with Crippen molar-refractivity contribution in [2.45, 2.75) is 50.9 Å². The lowest BCUT2D eigenvalue weighted by Crippen LogP contribution is -2.49. The van der Waals surface area contributed by atoms with Crippen LogP contribution in [0.1, 0.15) is 53.0 Å². The van der Waals surface area contributed by atoms with Gasteiger partial charge in [0, 0.05) is 50.9 Å². The van der Waals surface area contributed by atoms with Crippen LogP contribution in [0.3, 0.4) is 0 Å². The van der Waals surface area contributed by atoms with E-state index in [4.69, 9.17) is 4.74 Å². The molecule has 2 aromatic rings. The molecule has 2 aliphatic heterocycles. The third-order valence-electron chi connectivity index (χ3n) is 6.91. The lowest BCUT2D eigenvalue weighted by atomic mass is 9.83. The number of likely N-dealkylation sites (tertiary alicyclic amines) is 1. The Morgan fingerprint density at radius 2 is 2.03 bits per heavy atom. The Bertz CT molecular complexity index is 994. The molecule has 166 valence electrons. The van der Waals surface area contributed by atoms with Crippen LogP contribution in [-0.2, 0) is 31.4 Å². The smallest absolute Gasteiger partial charge is 0.272 e. The van der Waals surface area contributed by atoms with Gasteiger partial charge in [-0.05, 0) is 49.3 Å². The van der Waals surface area contributed by atoms with Gasteiger partial charge in [0.2, 0.25) is 0 Å². The zero-order valence-electron chi connectivity index (χ0n) is 17.8. The van der Waals surface area contributed by atoms with Crippen molar-refractivity contribution in [3.63, 3.8) is 0 Å². The van der Waals surface area contributed by atoms with Gasteiger partial charge >= 0.3 is 0 Å². The number of carbonyl (C=O) groups excluding carboxylic acids is 1. The molecule has 0 unspecified atom stereocenters. The molecule has 1 amide bonds. The van der Waals surface area contributed by atoms with Crippen LogP contribution in [0.25, 0.3) is 0 Å². The highest BCUT2D eigenvalue weighted by Gasteiger charge is 2.41. The normalized spacial score (nSPS) is 20.6. The summed E-state index contributed by atoms with van der Waals surface area (Å²) in [6.07, 6.45) is 4.83. The van der Waals surface area contributed by atoms with Gasteiger partial charge in [-0.1, -0.05) is 6.07 Å². The predicted octanol–water partition coefficient (Wildman–Crippen LogP) is 2.95. The van der Waals surface area contributed by atoms with Crippen LogP contribution in [0.5, 0.6) is 0 Å². The number of hydrogen-bond donors (Lipinski definition) is 1. The van der Waals surface area contributed by atoms with E-state index in [2.05, 4.69) is 15.3 Å². The molecular weight excluding hydrogens is 402 g/mol. The standard InChI is InChI=1S/C23H28F2N4O2/c1-28-20-11-23(31-14-17(20)21(27-28)22(30)26-12-15-2-3-15)6-8-29(9-7-23)13-16-4-5-18(24)19(25)10-16/h4-5,10,15H,2-3,6-9,11-14H2,1H3,(H,26,30). The third kappa shape index (κ3) is 4.23. The molecule has 1 aliphatic carbocycles. The molecule has 5 rings (SSSR count). The lowest BCUT2D eigenvalue weighted by Gasteiger charge is -2.44. The molecule has 0 bridgehead atoms. The molecule has 6 nitrogen and oxygen atoms in total. The average molecular weight is 430 g/mol. The minimum absolute atomic E-state index is 0.107. The van der Waals surface area contributed by atoms with Crippen LogP contribution in [0.4, 0.5) is 8.78 Å². The molecule has 2 fully saturated rings. The largest absolute Gasteiger partial charge is 0.370 e. The van der Waals surface area contributed by atoms with E-state index >= 15 is 0 Å². The predicted molar refractivity (Wildman–Crippen MR) is 110 cm³/mol. The Kier molecular flexibility index (Phi) is 5.30. The first kappa shape index (κ1) is 20.6. The van der Waals surface area contributed by atoms with E-state index in [0.29, 0.717) is 24.8 Å². The Labute approximate surface area is 180 Å². The summed E-state index contributed by atoms with van der Waals surface area (Å²) < 4.78 is 34.8. The molecule has 0 radical (unpaired) electrons. The zero-order valence-corrected chi connectivity index (χ0v) is 17.8. The van der Waals surface area contributed by atoms with E-state index < -0.39 is 11.6 Å². The quantitative estimate of drug-likeness (QED) is 0.793. The van der Waals surface area contributed by atoms with Gasteiger partial charge < -0.3 is 10.1 Å². The number of aryl methyl sites for hydroxylation is 1. The summed E-state index contributed by atoms with van der Waals surface area (Å²) in [5, 5.41) is 7.51. The SMILES string of the molecule is Cn1nc(C(=O)NCC2CC2)c2c1CC1(CCN(Cc3ccc(F)c(F)c3)CC1)OC2. The maximum Gasteiger partial charge on any atom is 0.272 e. The van der Waals surface area contributed by atoms with E-state index in [1.807, 2.05) is 11.7 Å². The fourth-order valence-corrected chi connectivity index (χ4v) is 4.72. The van der Waals surface area contributed by atoms with Gasteiger partial charge in [0.05, 0.1) is 12.2 Å². The van der Waals surface area contributed by atoms with Gasteiger partial charge in [0.1, 0.15) is 0 Å². The van der Waals surface area contributed by atoms with Crippen LogP contribution in [0.2, 0.25) is 0 Å². The average Bonchev–Trinajstić information content (AvgIpc) is 3.54. The number of hydrogen-bond acceptors (Lipinski definition) is 4. The lowest BCUT2D eigenvalue weighted by molar-refractivity contribution is -0.104. The number of nitrogens with one attached hydrogen (secondary N) is 1. The number of halogens is 2. The fourth-order valence-electron chi connectivity index (χ4n) is 4.72. The van der Waals surface area contributed by atoms with Crippen molar-refractivity contribution in [3.05, 3.63) is 52.3 Å². The minimum Gasteiger partial charge on any atom is -0.370 e. The first-order valence-corrected chi connectivity index (χ1v) is 11.1. The Morgan fingerprint density at radius 3 is 2.74 bits per heavy atom. The number of ether oxygens (including phenoxy) is 1. The van der Waals surface area contributed by atoms with Crippen LogP contribution in [0, 0.1) is 17.6 Å². The summed E-state index contributed by atoms with van der Waals surface area (Å²) in [5.74, 6) is -1.10. The van der Waals surface area contributed by atoms with Crippen molar-refractivity contribution in [1.29, 1.82) is 0 Å². The van der Waals surface area contributed by atoms with Crippen molar-refractivity contribution in [2.24, 2.45) is 13.0 Å². The third-order valence-corrected chi connectivity index (χ3v) is 6.91. The number of fused-ring (bicyclic) bond motifs is 1. The molecule has 1 aromatic heterocycles. The first-order valence-electron chi connectivity index (χ1n) is 11.1. The number of amides is 1. The van der Waals surface area contributed by atoms with Crippen molar-refractivity contribution in [2.75, 3.05) is 19.6 Å². The fraction of sp³-hybridized carbons (Fsp3) is 0.565. The summed E-state index contributed by atoms with van der Waals surface area (Å²) >= 11 is 0. The second kappa shape index (κ2) is 7.98. The number of aromatic nitrogens is 2. The topological polar surface area (TPSA) is 59.4 Å². The number of rotatable bonds is 5. The van der Waals surface area contributed by atoms with E-state index in [1.54, 1.807) is 6.07 Å². The summed E-state index contributed by atoms with van der Waals surface area (Å²) in [7, 11) is 1.90. The van der Waals surface area contributed by atoms with E-state index in [9.17, 15) is 13.6 Å². The van der Waals surface area contributed by atoms with Crippen molar-refractivity contribution < 1.29 is 18.3 Å². The molecule has 3 heterocycles. The molecule has 3 aliphatic rings. The summed E-state index contributed by atoms with van der Waals surface area (Å²) in [4.78, 5) is 14.8. The van der Waals surface area contributed by atoms with Gasteiger partial charge in [-0.15, -0.1) is 0 Å². The van der Waals surface area contributed by atoms with Crippen molar-refractivity contribution >= 4 is 5.91 Å². The van der Waals surface area contributed by atoms with Gasteiger partial charge in [-0.2, -0.15) is 5.10 Å². The first-order chi connectivity index (χ1) is 14.9. The van der Waals surface area contributed by atoms with E-state index in [1.165, 1.54) is 25.0 Å². The highest BCUT2D eigenvalue weighted by Crippen LogP contribution is 2.37. The monoisotopic (exact) mass is 430 g/mol. The Morgan fingerprint density at radius 1 is 1.26 bits per heavy atom. The summed E-state index contributed by atoms with van der Waals surface area (Å²) in [6.45, 7) is 3.36. The maximum atomic E-state index is 13.5. The summed E-state index contributed by atoms with van der Waals surface area (Å²) in [6, 6.07) is 4.09. The second-order valence-corrected chi connectivity index (χ2v) is 9.22. The van der Waals surface area contributed by atoms with Crippen molar-refractivity contribution in [3.8, 4) is 0 Å². The molecular formula is C23H28F2N4O2. The maximum absolute atomic E-state index is 13.5. The molecule has 1 saturated heterocycles. The summed E-state index contributed by atoms with van der Waals surface area (Å²) in [5.41, 5.74) is 2.99. The Hall–Kier alpha value is -2.32. The zero-order chi connectivity index (χ0) is 21.6. The highest BCUT2D eigenvalue weighted by molar-refractivity contribution is 5.94. The molecule has 1 N–H and O–H groups in total. The number of nitrogens with zero attached hydrogens (tertiary/aromatic N) is 3. The van der Waals surface area contributed by atoms with Crippen LogP contribution < -0.4 is 5.32 Å². The van der Waals surface area contributed by atoms with Crippen LogP contribution in [0.15, 0.2) is 18.2 Å². The number of benzene rings is 1. The van der Waals surface area contributed by atoms with Gasteiger partial charge in [0.25, 0.3) is 5.91 Å². The number of piperidine rings is 1. The van der Waals surface area contributed by atoms with Gasteiger partial charge in [-0.25, -0.2) is 8.78 Å². The molecule has 1 aromatic carbocycles. The molecule has 31 heavy (non-hydrogen) atoms. The van der Waals surface area contributed by atoms with Crippen LogP contribution >= 0.6 is 0 Å². The van der Waals surface area contributed by atoms with E-state index in [0.717, 1.165) is 55.7 Å². The minimum atomic E-state index is -0.815. The number of carbonyl (C=O) groups is 1. The van der Waals surface area contributed by atoms with Gasteiger partial charge in [-0.3, -0.25) is 14.4 Å². The molecule has 1 saturated carbocycles. The highest BCUT2D eigenvalue weighted by atomic mass is 19.2. The molecule has 8 heteroatoms. The van der Waals surface area contributed by atoms with E-state index in [-0.39, 0.29) is 11.5 Å². The Balaban J connectivity index is 1.22. The van der Waals surface area contributed by atoms with Crippen molar-refractivity contribution in [1.82, 2.24) is 20.0 Å².